The van der Waals surface area contributed by atoms with Gasteiger partial charge >= 0.3 is 0 Å². The highest BCUT2D eigenvalue weighted by molar-refractivity contribution is 8.26. The molecule has 0 radical (unpaired) electrons. The summed E-state index contributed by atoms with van der Waals surface area (Å²) in [5, 5.41) is 3.16. The number of rotatable bonds is 5. The van der Waals surface area contributed by atoms with E-state index in [0.717, 1.165) is 5.56 Å². The van der Waals surface area contributed by atoms with Crippen molar-refractivity contribution in [3.8, 4) is 0 Å². The first kappa shape index (κ1) is 19.4. The van der Waals surface area contributed by atoms with Gasteiger partial charge in [0.15, 0.2) is 0 Å². The molecule has 4 rings (SSSR count). The molecule has 3 aromatic rings. The summed E-state index contributed by atoms with van der Waals surface area (Å²) in [6, 6.07) is 7.30. The van der Waals surface area contributed by atoms with Crippen LogP contribution in [0.15, 0.2) is 50.8 Å². The Hall–Kier alpha value is -2.91. The van der Waals surface area contributed by atoms with Crippen LogP contribution >= 0.6 is 24.0 Å². The molecule has 0 bridgehead atoms. The minimum atomic E-state index is -0.262. The van der Waals surface area contributed by atoms with Crippen LogP contribution in [0.25, 0.3) is 11.7 Å². The molecule has 1 amide bonds. The number of furan rings is 1. The Morgan fingerprint density at radius 1 is 1.31 bits per heavy atom. The molecular formula is C20H18N4O3S2. The molecule has 0 spiro atoms. The summed E-state index contributed by atoms with van der Waals surface area (Å²) < 4.78 is 7.32. The van der Waals surface area contributed by atoms with E-state index in [4.69, 9.17) is 16.6 Å². The number of carbonyl (C=O) groups excluding carboxylic acids is 1. The summed E-state index contributed by atoms with van der Waals surface area (Å²) in [5.74, 6) is 0.893. The fraction of sp³-hybridized carbons (Fsp3) is 0.200. The van der Waals surface area contributed by atoms with Gasteiger partial charge in [0, 0.05) is 12.7 Å². The smallest absolute Gasteiger partial charge is 0.267 e. The summed E-state index contributed by atoms with van der Waals surface area (Å²) >= 11 is 6.46. The molecule has 1 fully saturated rings. The first-order chi connectivity index (χ1) is 14.0. The first-order valence-corrected chi connectivity index (χ1v) is 10.2. The predicted octanol–water partition coefficient (Wildman–Crippen LogP) is 3.43. The first-order valence-electron chi connectivity index (χ1n) is 9.02. The Labute approximate surface area is 176 Å². The predicted molar refractivity (Wildman–Crippen MR) is 118 cm³/mol. The van der Waals surface area contributed by atoms with Crippen molar-refractivity contribution in [1.82, 2.24) is 14.3 Å². The molecule has 1 N–H and O–H groups in total. The van der Waals surface area contributed by atoms with Crippen LogP contribution in [-0.2, 0) is 11.3 Å². The zero-order valence-corrected chi connectivity index (χ0v) is 17.5. The number of fused-ring (bicyclic) bond motifs is 1. The van der Waals surface area contributed by atoms with Crippen molar-refractivity contribution in [2.24, 2.45) is 0 Å². The number of carbonyl (C=O) groups is 1. The number of pyridine rings is 1. The van der Waals surface area contributed by atoms with Crippen LogP contribution < -0.4 is 10.9 Å². The largest absolute Gasteiger partial charge is 0.467 e. The van der Waals surface area contributed by atoms with E-state index >= 15 is 0 Å². The van der Waals surface area contributed by atoms with Gasteiger partial charge in [-0.15, -0.1) is 0 Å². The van der Waals surface area contributed by atoms with Crippen molar-refractivity contribution in [2.45, 2.75) is 20.4 Å². The SMILES string of the molecule is CCN1C(=O)C(=Cc2c(NCc3ccco3)nc3ccc(C)cn3c2=O)SC1=S. The zero-order chi connectivity index (χ0) is 20.5. The Bertz CT molecular complexity index is 1200. The van der Waals surface area contributed by atoms with Crippen LogP contribution in [0, 0.1) is 6.92 Å². The fourth-order valence-corrected chi connectivity index (χ4v) is 4.38. The van der Waals surface area contributed by atoms with E-state index in [1.807, 2.05) is 26.0 Å². The quantitative estimate of drug-likeness (QED) is 0.495. The summed E-state index contributed by atoms with van der Waals surface area (Å²) in [6.07, 6.45) is 4.89. The Balaban J connectivity index is 1.83. The average Bonchev–Trinajstić information content (AvgIpc) is 3.31. The zero-order valence-electron chi connectivity index (χ0n) is 15.8. The third-order valence-corrected chi connectivity index (χ3v) is 5.86. The number of nitrogens with zero attached hydrogens (tertiary/aromatic N) is 3. The molecule has 0 saturated carbocycles. The van der Waals surface area contributed by atoms with Gasteiger partial charge < -0.3 is 9.73 Å². The monoisotopic (exact) mass is 426 g/mol. The van der Waals surface area contributed by atoms with Crippen LogP contribution in [0.2, 0.25) is 0 Å². The molecule has 1 aliphatic heterocycles. The van der Waals surface area contributed by atoms with E-state index in [1.165, 1.54) is 21.1 Å². The minimum Gasteiger partial charge on any atom is -0.467 e. The van der Waals surface area contributed by atoms with Crippen molar-refractivity contribution in [3.05, 3.63) is 68.9 Å². The summed E-state index contributed by atoms with van der Waals surface area (Å²) in [7, 11) is 0. The van der Waals surface area contributed by atoms with E-state index < -0.39 is 0 Å². The molecule has 3 aromatic heterocycles. The van der Waals surface area contributed by atoms with Gasteiger partial charge in [-0.1, -0.05) is 30.0 Å². The minimum absolute atomic E-state index is 0.201. The molecule has 7 nitrogen and oxygen atoms in total. The molecule has 1 aliphatic rings. The second-order valence-electron chi connectivity index (χ2n) is 6.47. The lowest BCUT2D eigenvalue weighted by Crippen LogP contribution is -2.27. The van der Waals surface area contributed by atoms with Crippen molar-refractivity contribution >= 4 is 51.7 Å². The lowest BCUT2D eigenvalue weighted by Gasteiger charge is -2.11. The van der Waals surface area contributed by atoms with Crippen molar-refractivity contribution < 1.29 is 9.21 Å². The maximum Gasteiger partial charge on any atom is 0.267 e. The molecule has 29 heavy (non-hydrogen) atoms. The lowest BCUT2D eigenvalue weighted by molar-refractivity contribution is -0.121. The molecule has 0 unspecified atom stereocenters. The van der Waals surface area contributed by atoms with E-state index in [1.54, 1.807) is 30.7 Å². The molecule has 0 aromatic carbocycles. The van der Waals surface area contributed by atoms with Crippen molar-refractivity contribution in [3.63, 3.8) is 0 Å². The Morgan fingerprint density at radius 3 is 2.83 bits per heavy atom. The number of anilines is 1. The lowest BCUT2D eigenvalue weighted by atomic mass is 10.2. The van der Waals surface area contributed by atoms with Crippen molar-refractivity contribution in [2.75, 3.05) is 11.9 Å². The second-order valence-corrected chi connectivity index (χ2v) is 8.15. The van der Waals surface area contributed by atoms with Gasteiger partial charge in [-0.25, -0.2) is 4.98 Å². The average molecular weight is 427 g/mol. The number of hydrogen-bond donors (Lipinski definition) is 1. The van der Waals surface area contributed by atoms with Gasteiger partial charge in [0.1, 0.15) is 21.5 Å². The third-order valence-electron chi connectivity index (χ3n) is 4.48. The maximum absolute atomic E-state index is 13.2. The van der Waals surface area contributed by atoms with Gasteiger partial charge in [0.05, 0.1) is 23.3 Å². The van der Waals surface area contributed by atoms with E-state index in [2.05, 4.69) is 10.3 Å². The number of thiocarbonyl (C=S) groups is 1. The highest BCUT2D eigenvalue weighted by Gasteiger charge is 2.31. The normalized spacial score (nSPS) is 15.7. The van der Waals surface area contributed by atoms with E-state index in [-0.39, 0.29) is 11.5 Å². The second kappa shape index (κ2) is 7.84. The van der Waals surface area contributed by atoms with Gasteiger partial charge in [-0.05, 0) is 43.7 Å². The summed E-state index contributed by atoms with van der Waals surface area (Å²) in [6.45, 7) is 4.61. The summed E-state index contributed by atoms with van der Waals surface area (Å²) in [4.78, 5) is 32.4. The molecule has 0 atom stereocenters. The van der Waals surface area contributed by atoms with Crippen LogP contribution in [0.5, 0.6) is 0 Å². The molecule has 4 heterocycles. The van der Waals surface area contributed by atoms with Crippen molar-refractivity contribution in [1.29, 1.82) is 0 Å². The molecule has 9 heteroatoms. The fourth-order valence-electron chi connectivity index (χ4n) is 3.01. The molecule has 0 aliphatic carbocycles. The topological polar surface area (TPSA) is 79.8 Å². The standard InChI is InChI=1S/C20H18N4O3S2/c1-3-23-19(26)15(29-20(23)28)9-14-17(21-10-13-5-4-8-27-13)22-16-7-6-12(2)11-24(16)18(14)25/h4-9,11,21H,3,10H2,1-2H3. The number of likely N-dealkylation sites (N-methyl/N-ethyl adjacent to an activating group) is 1. The third kappa shape index (κ3) is 3.70. The Kier molecular flexibility index (Phi) is 5.25. The van der Waals surface area contributed by atoms with E-state index in [9.17, 15) is 9.59 Å². The number of hydrogen-bond acceptors (Lipinski definition) is 7. The number of aryl methyl sites for hydroxylation is 1. The number of thioether (sulfide) groups is 1. The van der Waals surface area contributed by atoms with E-state index in [0.29, 0.717) is 45.1 Å². The molecular weight excluding hydrogens is 408 g/mol. The highest BCUT2D eigenvalue weighted by atomic mass is 32.2. The Morgan fingerprint density at radius 2 is 2.14 bits per heavy atom. The highest BCUT2D eigenvalue weighted by Crippen LogP contribution is 2.32. The van der Waals surface area contributed by atoms with Crippen LogP contribution in [-0.4, -0.2) is 31.1 Å². The van der Waals surface area contributed by atoms with Gasteiger partial charge in [0.2, 0.25) is 0 Å². The van der Waals surface area contributed by atoms with Gasteiger partial charge in [-0.2, -0.15) is 0 Å². The maximum atomic E-state index is 13.2. The van der Waals surface area contributed by atoms with Crippen LogP contribution in [0.4, 0.5) is 5.82 Å². The van der Waals surface area contributed by atoms with Crippen LogP contribution in [0.1, 0.15) is 23.8 Å². The molecule has 1 saturated heterocycles. The summed E-state index contributed by atoms with van der Waals surface area (Å²) in [5.41, 5.74) is 1.49. The number of aromatic nitrogens is 2. The number of nitrogens with one attached hydrogen (secondary N) is 1. The van der Waals surface area contributed by atoms with Crippen LogP contribution in [0.3, 0.4) is 0 Å². The molecule has 148 valence electrons. The van der Waals surface area contributed by atoms with Gasteiger partial charge in [0.25, 0.3) is 11.5 Å². The number of amides is 1. The van der Waals surface area contributed by atoms with Gasteiger partial charge in [-0.3, -0.25) is 18.9 Å².